The number of hydrogen-bond acceptors (Lipinski definition) is 6. The van der Waals surface area contributed by atoms with Crippen LogP contribution >= 0.6 is 0 Å². The molecule has 0 amide bonds. The van der Waals surface area contributed by atoms with Crippen molar-refractivity contribution in [3.05, 3.63) is 83.4 Å². The third-order valence-corrected chi connectivity index (χ3v) is 5.87. The highest BCUT2D eigenvalue weighted by molar-refractivity contribution is 6.11. The fourth-order valence-corrected chi connectivity index (χ4v) is 4.33. The van der Waals surface area contributed by atoms with Crippen LogP contribution in [-0.2, 0) is 10.4 Å². The molecule has 0 fully saturated rings. The summed E-state index contributed by atoms with van der Waals surface area (Å²) < 4.78 is 22.7. The van der Waals surface area contributed by atoms with E-state index in [-0.39, 0.29) is 12.2 Å². The number of methoxy groups -OCH3 is 3. The number of rotatable bonds is 8. The Morgan fingerprint density at radius 1 is 0.906 bits per heavy atom. The van der Waals surface area contributed by atoms with Crippen LogP contribution in [0.5, 0.6) is 23.0 Å². The Morgan fingerprint density at radius 3 is 2.19 bits per heavy atom. The van der Waals surface area contributed by atoms with E-state index in [1.54, 1.807) is 43.5 Å². The highest BCUT2D eigenvalue weighted by Crippen LogP contribution is 2.53. The first kappa shape index (κ1) is 21.4. The molecular formula is C26H24O6. The van der Waals surface area contributed by atoms with Crippen molar-refractivity contribution < 1.29 is 28.5 Å². The molecule has 0 aromatic heterocycles. The molecule has 164 valence electrons. The first-order valence-corrected chi connectivity index (χ1v) is 10.2. The van der Waals surface area contributed by atoms with Crippen molar-refractivity contribution in [2.75, 3.05) is 21.3 Å². The van der Waals surface area contributed by atoms with E-state index in [9.17, 15) is 9.59 Å². The normalized spacial score (nSPS) is 17.8. The van der Waals surface area contributed by atoms with Gasteiger partial charge in [-0.1, -0.05) is 42.5 Å². The summed E-state index contributed by atoms with van der Waals surface area (Å²) in [6, 6.07) is 19.9. The molecule has 1 unspecified atom stereocenters. The molecule has 0 radical (unpaired) electrons. The Labute approximate surface area is 186 Å². The average molecular weight is 432 g/mol. The minimum absolute atomic E-state index is 0.0925. The Balaban J connectivity index is 1.98. The molecule has 4 rings (SSSR count). The van der Waals surface area contributed by atoms with Gasteiger partial charge in [-0.15, -0.1) is 0 Å². The van der Waals surface area contributed by atoms with Gasteiger partial charge in [0, 0.05) is 30.0 Å². The van der Waals surface area contributed by atoms with Crippen LogP contribution in [0, 0.1) is 0 Å². The monoisotopic (exact) mass is 432 g/mol. The number of carbonyl (C=O) groups excluding carboxylic acids is 2. The summed E-state index contributed by atoms with van der Waals surface area (Å²) in [5, 5.41) is 0. The maximum Gasteiger partial charge on any atom is 0.219 e. The molecule has 32 heavy (non-hydrogen) atoms. The summed E-state index contributed by atoms with van der Waals surface area (Å²) in [4.78, 5) is 25.9. The fraction of sp³-hybridized carbons (Fsp3) is 0.231. The van der Waals surface area contributed by atoms with Crippen LogP contribution in [0.15, 0.2) is 66.7 Å². The zero-order valence-electron chi connectivity index (χ0n) is 18.2. The van der Waals surface area contributed by atoms with Crippen LogP contribution in [0.25, 0.3) is 0 Å². The number of ether oxygens (including phenoxy) is 4. The van der Waals surface area contributed by atoms with Gasteiger partial charge in [0.1, 0.15) is 34.8 Å². The number of benzene rings is 3. The van der Waals surface area contributed by atoms with E-state index >= 15 is 0 Å². The van der Waals surface area contributed by atoms with E-state index in [0.717, 1.165) is 11.8 Å². The predicted molar refractivity (Wildman–Crippen MR) is 119 cm³/mol. The second-order valence-electron chi connectivity index (χ2n) is 7.46. The molecule has 3 aromatic carbocycles. The molecule has 0 saturated carbocycles. The molecule has 0 bridgehead atoms. The largest absolute Gasteiger partial charge is 0.497 e. The van der Waals surface area contributed by atoms with Gasteiger partial charge in [-0.2, -0.15) is 0 Å². The quantitative estimate of drug-likeness (QED) is 0.486. The van der Waals surface area contributed by atoms with E-state index < -0.39 is 11.5 Å². The minimum atomic E-state index is -1.46. The Kier molecular flexibility index (Phi) is 5.86. The number of fused-ring (bicyclic) bond motifs is 1. The van der Waals surface area contributed by atoms with Crippen LogP contribution in [0.2, 0.25) is 0 Å². The molecule has 3 aromatic rings. The molecule has 6 heteroatoms. The summed E-state index contributed by atoms with van der Waals surface area (Å²) in [7, 11) is 4.61. The van der Waals surface area contributed by atoms with Crippen molar-refractivity contribution in [1.29, 1.82) is 0 Å². The number of hydrogen-bond donors (Lipinski definition) is 0. The highest BCUT2D eigenvalue weighted by atomic mass is 16.5. The lowest BCUT2D eigenvalue weighted by Crippen LogP contribution is -2.43. The second kappa shape index (κ2) is 8.75. The maximum atomic E-state index is 14.1. The molecule has 1 heterocycles. The van der Waals surface area contributed by atoms with Crippen molar-refractivity contribution in [2.24, 2.45) is 0 Å². The van der Waals surface area contributed by atoms with Crippen LogP contribution < -0.4 is 18.9 Å². The molecule has 0 N–H and O–H groups in total. The highest BCUT2D eigenvalue weighted by Gasteiger charge is 2.56. The SMILES string of the molecule is COc1ccc([C@]2(C(CC=O)c3ccccc3)Oc3cc(OC)cc(OC)c3C2=O)cc1. The number of Topliss-reactive ketones (excluding diaryl/α,β-unsaturated/α-hetero) is 1. The summed E-state index contributed by atoms with van der Waals surface area (Å²) in [5.41, 5.74) is 0.311. The van der Waals surface area contributed by atoms with Gasteiger partial charge in [0.2, 0.25) is 11.4 Å². The van der Waals surface area contributed by atoms with E-state index in [4.69, 9.17) is 18.9 Å². The van der Waals surface area contributed by atoms with E-state index in [1.165, 1.54) is 14.2 Å². The maximum absolute atomic E-state index is 14.1. The van der Waals surface area contributed by atoms with Crippen molar-refractivity contribution in [1.82, 2.24) is 0 Å². The van der Waals surface area contributed by atoms with Crippen molar-refractivity contribution >= 4 is 12.1 Å². The summed E-state index contributed by atoms with van der Waals surface area (Å²) in [6.45, 7) is 0. The lowest BCUT2D eigenvalue weighted by Gasteiger charge is -2.35. The summed E-state index contributed by atoms with van der Waals surface area (Å²) >= 11 is 0. The number of ketones is 1. The van der Waals surface area contributed by atoms with Crippen molar-refractivity contribution in [3.8, 4) is 23.0 Å². The lowest BCUT2D eigenvalue weighted by atomic mass is 9.72. The molecule has 0 aliphatic carbocycles. The Morgan fingerprint density at radius 2 is 1.59 bits per heavy atom. The number of aldehydes is 1. The molecule has 1 aliphatic rings. The molecule has 0 spiro atoms. The van der Waals surface area contributed by atoms with Gasteiger partial charge in [0.15, 0.2) is 0 Å². The first-order chi connectivity index (χ1) is 15.6. The van der Waals surface area contributed by atoms with Crippen LogP contribution in [0.1, 0.15) is 33.8 Å². The Bertz CT molecular complexity index is 1120. The third kappa shape index (κ3) is 3.38. The molecule has 1 aliphatic heterocycles. The topological polar surface area (TPSA) is 71.1 Å². The van der Waals surface area contributed by atoms with Gasteiger partial charge in [-0.3, -0.25) is 4.79 Å². The van der Waals surface area contributed by atoms with E-state index in [2.05, 4.69) is 0 Å². The average Bonchev–Trinajstić information content (AvgIpc) is 3.15. The molecular weight excluding hydrogens is 408 g/mol. The van der Waals surface area contributed by atoms with Gasteiger partial charge in [0.25, 0.3) is 0 Å². The zero-order chi connectivity index (χ0) is 22.7. The van der Waals surface area contributed by atoms with E-state index in [1.807, 2.05) is 30.3 Å². The smallest absolute Gasteiger partial charge is 0.219 e. The van der Waals surface area contributed by atoms with Gasteiger partial charge in [-0.25, -0.2) is 0 Å². The molecule has 0 saturated heterocycles. The van der Waals surface area contributed by atoms with Gasteiger partial charge < -0.3 is 23.7 Å². The van der Waals surface area contributed by atoms with Crippen LogP contribution in [-0.4, -0.2) is 33.4 Å². The summed E-state index contributed by atoms with van der Waals surface area (Å²) in [5.74, 6) is 1.04. The first-order valence-electron chi connectivity index (χ1n) is 10.2. The van der Waals surface area contributed by atoms with Gasteiger partial charge in [-0.05, 0) is 17.7 Å². The molecule has 2 atom stereocenters. The van der Waals surface area contributed by atoms with Crippen molar-refractivity contribution in [3.63, 3.8) is 0 Å². The van der Waals surface area contributed by atoms with Crippen LogP contribution in [0.4, 0.5) is 0 Å². The predicted octanol–water partition coefficient (Wildman–Crippen LogP) is 4.56. The minimum Gasteiger partial charge on any atom is -0.497 e. The van der Waals surface area contributed by atoms with Crippen molar-refractivity contribution in [2.45, 2.75) is 17.9 Å². The fourth-order valence-electron chi connectivity index (χ4n) is 4.33. The lowest BCUT2D eigenvalue weighted by molar-refractivity contribution is -0.109. The van der Waals surface area contributed by atoms with Gasteiger partial charge in [0.05, 0.1) is 21.3 Å². The standard InChI is InChI=1S/C26H24O6/c1-29-19-11-9-18(10-12-19)26(21(13-14-27)17-7-5-4-6-8-17)25(28)24-22(31-3)15-20(30-2)16-23(24)32-26/h4-12,14-16,21H,13H2,1-3H3/t21?,26-/m1/s1. The zero-order valence-corrected chi connectivity index (χ0v) is 18.2. The second-order valence-corrected chi connectivity index (χ2v) is 7.46. The Hall–Kier alpha value is -3.80. The van der Waals surface area contributed by atoms with Gasteiger partial charge >= 0.3 is 0 Å². The number of carbonyl (C=O) groups is 2. The van der Waals surface area contributed by atoms with Crippen LogP contribution in [0.3, 0.4) is 0 Å². The van der Waals surface area contributed by atoms with E-state index in [0.29, 0.717) is 34.1 Å². The summed E-state index contributed by atoms with van der Waals surface area (Å²) in [6.07, 6.45) is 0.912. The third-order valence-electron chi connectivity index (χ3n) is 5.87. The molecule has 6 nitrogen and oxygen atoms in total.